The van der Waals surface area contributed by atoms with Crippen LogP contribution in [-0.2, 0) is 0 Å². The van der Waals surface area contributed by atoms with E-state index in [0.717, 1.165) is 18.7 Å². The van der Waals surface area contributed by atoms with E-state index in [1.807, 2.05) is 0 Å². The fourth-order valence-corrected chi connectivity index (χ4v) is 1.58. The molecular formula is C9H15BrN2O. The van der Waals surface area contributed by atoms with E-state index in [4.69, 9.17) is 4.42 Å². The standard InChI is InChI=1S/C9H15BrN2O/c1-3-5-6-7(4-2)8-11-12-9(10)13-8/h7H,3-6H2,1-2H3. The third kappa shape index (κ3) is 3.10. The van der Waals surface area contributed by atoms with Crippen molar-refractivity contribution in [2.45, 2.75) is 45.4 Å². The second kappa shape index (κ2) is 5.37. The lowest BCUT2D eigenvalue weighted by Crippen LogP contribution is -1.97. The molecule has 0 aliphatic heterocycles. The van der Waals surface area contributed by atoms with Gasteiger partial charge < -0.3 is 4.42 Å². The van der Waals surface area contributed by atoms with Crippen molar-refractivity contribution >= 4 is 15.9 Å². The van der Waals surface area contributed by atoms with E-state index in [-0.39, 0.29) is 0 Å². The van der Waals surface area contributed by atoms with Crippen LogP contribution in [-0.4, -0.2) is 10.2 Å². The molecule has 13 heavy (non-hydrogen) atoms. The van der Waals surface area contributed by atoms with Gasteiger partial charge in [0.1, 0.15) is 0 Å². The molecule has 0 N–H and O–H groups in total. The Morgan fingerprint density at radius 2 is 2.15 bits per heavy atom. The number of aromatic nitrogens is 2. The topological polar surface area (TPSA) is 38.9 Å². The van der Waals surface area contributed by atoms with Gasteiger partial charge in [0, 0.05) is 21.8 Å². The smallest absolute Gasteiger partial charge is 0.284 e. The summed E-state index contributed by atoms with van der Waals surface area (Å²) < 4.78 is 5.33. The van der Waals surface area contributed by atoms with E-state index in [0.29, 0.717) is 10.7 Å². The zero-order valence-corrected chi connectivity index (χ0v) is 9.67. The highest BCUT2D eigenvalue weighted by atomic mass is 79.9. The summed E-state index contributed by atoms with van der Waals surface area (Å²) in [6.07, 6.45) is 4.64. The van der Waals surface area contributed by atoms with Crippen LogP contribution in [0.4, 0.5) is 0 Å². The average Bonchev–Trinajstić information content (AvgIpc) is 2.54. The van der Waals surface area contributed by atoms with Crippen molar-refractivity contribution in [1.82, 2.24) is 10.2 Å². The van der Waals surface area contributed by atoms with Crippen molar-refractivity contribution in [3.8, 4) is 0 Å². The van der Waals surface area contributed by atoms with Crippen molar-refractivity contribution in [1.29, 1.82) is 0 Å². The first-order valence-corrected chi connectivity index (χ1v) is 5.56. The van der Waals surface area contributed by atoms with Gasteiger partial charge in [-0.2, -0.15) is 0 Å². The zero-order valence-electron chi connectivity index (χ0n) is 8.09. The van der Waals surface area contributed by atoms with Crippen LogP contribution in [0.5, 0.6) is 0 Å². The molecule has 1 unspecified atom stereocenters. The number of hydrogen-bond donors (Lipinski definition) is 0. The van der Waals surface area contributed by atoms with Crippen LogP contribution in [0.25, 0.3) is 0 Å². The van der Waals surface area contributed by atoms with Gasteiger partial charge in [-0.05, 0) is 12.8 Å². The normalized spacial score (nSPS) is 13.2. The molecule has 1 aromatic heterocycles. The van der Waals surface area contributed by atoms with Gasteiger partial charge in [0.2, 0.25) is 5.89 Å². The molecule has 0 saturated heterocycles. The van der Waals surface area contributed by atoms with E-state index in [1.54, 1.807) is 0 Å². The molecule has 0 aromatic carbocycles. The molecule has 0 amide bonds. The van der Waals surface area contributed by atoms with Gasteiger partial charge in [0.25, 0.3) is 4.80 Å². The Labute approximate surface area is 87.1 Å². The van der Waals surface area contributed by atoms with Gasteiger partial charge in [-0.25, -0.2) is 0 Å². The molecule has 0 bridgehead atoms. The first kappa shape index (κ1) is 10.7. The van der Waals surface area contributed by atoms with Gasteiger partial charge in [0.15, 0.2) is 0 Å². The van der Waals surface area contributed by atoms with E-state index in [1.165, 1.54) is 12.8 Å². The number of halogens is 1. The van der Waals surface area contributed by atoms with Crippen molar-refractivity contribution in [3.63, 3.8) is 0 Å². The van der Waals surface area contributed by atoms with Gasteiger partial charge in [0.05, 0.1) is 0 Å². The third-order valence-corrected chi connectivity index (χ3v) is 2.48. The van der Waals surface area contributed by atoms with Gasteiger partial charge in [-0.3, -0.25) is 0 Å². The summed E-state index contributed by atoms with van der Waals surface area (Å²) in [7, 11) is 0. The summed E-state index contributed by atoms with van der Waals surface area (Å²) in [5.74, 6) is 1.20. The Balaban J connectivity index is 2.56. The van der Waals surface area contributed by atoms with Crippen LogP contribution in [0.3, 0.4) is 0 Å². The fourth-order valence-electron chi connectivity index (χ4n) is 1.33. The number of nitrogens with zero attached hydrogens (tertiary/aromatic N) is 2. The predicted octanol–water partition coefficient (Wildman–Crippen LogP) is 3.52. The molecule has 0 aliphatic rings. The minimum Gasteiger partial charge on any atom is -0.415 e. The Hall–Kier alpha value is -0.380. The second-order valence-corrected chi connectivity index (χ2v) is 3.82. The van der Waals surface area contributed by atoms with E-state index >= 15 is 0 Å². The highest BCUT2D eigenvalue weighted by Crippen LogP contribution is 2.25. The van der Waals surface area contributed by atoms with E-state index < -0.39 is 0 Å². The molecule has 0 fully saturated rings. The molecule has 0 radical (unpaired) electrons. The molecule has 1 rings (SSSR count). The van der Waals surface area contributed by atoms with Gasteiger partial charge in [-0.1, -0.05) is 26.7 Å². The maximum Gasteiger partial charge on any atom is 0.284 e. The fraction of sp³-hybridized carbons (Fsp3) is 0.778. The lowest BCUT2D eigenvalue weighted by molar-refractivity contribution is 0.404. The molecule has 74 valence electrons. The van der Waals surface area contributed by atoms with Crippen LogP contribution in [0, 0.1) is 0 Å². The Bertz CT molecular complexity index is 250. The summed E-state index contributed by atoms with van der Waals surface area (Å²) in [5, 5.41) is 7.77. The maximum absolute atomic E-state index is 5.33. The molecule has 4 heteroatoms. The minimum atomic E-state index is 0.429. The molecule has 0 spiro atoms. The van der Waals surface area contributed by atoms with Crippen molar-refractivity contribution in [2.75, 3.05) is 0 Å². The average molecular weight is 247 g/mol. The largest absolute Gasteiger partial charge is 0.415 e. The second-order valence-electron chi connectivity index (χ2n) is 3.14. The molecule has 3 nitrogen and oxygen atoms in total. The maximum atomic E-state index is 5.33. The number of hydrogen-bond acceptors (Lipinski definition) is 3. The number of rotatable bonds is 5. The Morgan fingerprint density at radius 1 is 1.38 bits per heavy atom. The predicted molar refractivity (Wildman–Crippen MR) is 54.6 cm³/mol. The van der Waals surface area contributed by atoms with Crippen LogP contribution in [0.1, 0.15) is 51.3 Å². The highest BCUT2D eigenvalue weighted by molar-refractivity contribution is 9.10. The first-order chi connectivity index (χ1) is 6.27. The SMILES string of the molecule is CCCCC(CC)c1nnc(Br)o1. The van der Waals surface area contributed by atoms with Crippen LogP contribution in [0.2, 0.25) is 0 Å². The minimum absolute atomic E-state index is 0.429. The number of unbranched alkanes of at least 4 members (excludes halogenated alkanes) is 1. The Kier molecular flexibility index (Phi) is 4.42. The quantitative estimate of drug-likeness (QED) is 0.799. The summed E-state index contributed by atoms with van der Waals surface area (Å²) in [6.45, 7) is 4.34. The van der Waals surface area contributed by atoms with Crippen LogP contribution in [0.15, 0.2) is 9.22 Å². The van der Waals surface area contributed by atoms with E-state index in [9.17, 15) is 0 Å². The molecule has 0 saturated carbocycles. The lowest BCUT2D eigenvalue weighted by Gasteiger charge is -2.08. The van der Waals surface area contributed by atoms with Crippen molar-refractivity contribution in [3.05, 3.63) is 10.7 Å². The zero-order chi connectivity index (χ0) is 9.68. The van der Waals surface area contributed by atoms with Gasteiger partial charge >= 0.3 is 0 Å². The Morgan fingerprint density at radius 3 is 2.62 bits per heavy atom. The monoisotopic (exact) mass is 246 g/mol. The molecule has 1 atom stereocenters. The summed E-state index contributed by atoms with van der Waals surface area (Å²) in [6, 6.07) is 0. The molecule has 1 aromatic rings. The summed E-state index contributed by atoms with van der Waals surface area (Å²) in [4.78, 5) is 0.484. The highest BCUT2D eigenvalue weighted by Gasteiger charge is 2.15. The molecule has 0 aliphatic carbocycles. The molecule has 1 heterocycles. The van der Waals surface area contributed by atoms with E-state index in [2.05, 4.69) is 40.0 Å². The van der Waals surface area contributed by atoms with Gasteiger partial charge in [-0.15, -0.1) is 10.2 Å². The summed E-state index contributed by atoms with van der Waals surface area (Å²) >= 11 is 3.16. The third-order valence-electron chi connectivity index (χ3n) is 2.16. The summed E-state index contributed by atoms with van der Waals surface area (Å²) in [5.41, 5.74) is 0. The lowest BCUT2D eigenvalue weighted by atomic mass is 10.00. The van der Waals surface area contributed by atoms with Crippen molar-refractivity contribution < 1.29 is 4.42 Å². The van der Waals surface area contributed by atoms with Crippen molar-refractivity contribution in [2.24, 2.45) is 0 Å². The molecular weight excluding hydrogens is 232 g/mol. The first-order valence-electron chi connectivity index (χ1n) is 4.76. The van der Waals surface area contributed by atoms with Crippen LogP contribution < -0.4 is 0 Å². The van der Waals surface area contributed by atoms with Crippen LogP contribution >= 0.6 is 15.9 Å².